The fourth-order valence-electron chi connectivity index (χ4n) is 2.89. The summed E-state index contributed by atoms with van der Waals surface area (Å²) in [7, 11) is -3.87. The molecule has 2 aromatic carbocycles. The Morgan fingerprint density at radius 1 is 1.09 bits per heavy atom. The van der Waals surface area contributed by atoms with Gasteiger partial charge in [-0.15, -0.1) is 0 Å². The van der Waals surface area contributed by atoms with Crippen molar-refractivity contribution in [2.24, 2.45) is 11.0 Å². The third-order valence-electron chi connectivity index (χ3n) is 4.66. The molecular weight excluding hydrogens is 450 g/mol. The second-order valence-electron chi connectivity index (χ2n) is 7.60. The van der Waals surface area contributed by atoms with Crippen LogP contribution in [0.3, 0.4) is 0 Å². The smallest absolute Gasteiger partial charge is 0.258 e. The van der Waals surface area contributed by atoms with E-state index >= 15 is 0 Å². The number of rotatable bonds is 8. The van der Waals surface area contributed by atoms with E-state index in [1.54, 1.807) is 50.2 Å². The molecule has 0 aliphatic carbocycles. The van der Waals surface area contributed by atoms with Gasteiger partial charge in [-0.05, 0) is 49.2 Å². The zero-order chi connectivity index (χ0) is 23.3. The molecule has 1 heterocycles. The normalized spacial score (nSPS) is 12.9. The van der Waals surface area contributed by atoms with E-state index in [0.717, 1.165) is 11.1 Å². The van der Waals surface area contributed by atoms with Crippen LogP contribution < -0.4 is 10.1 Å². The van der Waals surface area contributed by atoms with Crippen molar-refractivity contribution in [2.75, 3.05) is 0 Å². The molecule has 3 aromatic rings. The van der Waals surface area contributed by atoms with Crippen molar-refractivity contribution in [1.82, 2.24) is 10.1 Å². The molecule has 0 unspecified atom stereocenters. The van der Waals surface area contributed by atoms with E-state index in [9.17, 15) is 13.2 Å². The Labute approximate surface area is 192 Å². The quantitative estimate of drug-likeness (QED) is 0.375. The van der Waals surface area contributed by atoms with Gasteiger partial charge in [0.2, 0.25) is 10.0 Å². The fraction of sp³-hybridized carbons (Fsp3) is 0.217. The Bertz CT molecular complexity index is 1220. The van der Waals surface area contributed by atoms with Crippen molar-refractivity contribution >= 4 is 33.7 Å². The van der Waals surface area contributed by atoms with Gasteiger partial charge in [-0.25, -0.2) is 13.8 Å². The van der Waals surface area contributed by atoms with Crippen LogP contribution in [0.4, 0.5) is 0 Å². The highest BCUT2D eigenvalue weighted by Gasteiger charge is 2.28. The van der Waals surface area contributed by atoms with Crippen LogP contribution >= 0.6 is 11.6 Å². The Kier molecular flexibility index (Phi) is 7.50. The van der Waals surface area contributed by atoms with Crippen molar-refractivity contribution in [3.63, 3.8) is 0 Å². The highest BCUT2D eigenvalue weighted by molar-refractivity contribution is 7.89. The van der Waals surface area contributed by atoms with Crippen LogP contribution in [0.15, 0.2) is 75.1 Å². The first-order valence-electron chi connectivity index (χ1n) is 9.93. The number of hydrogen-bond acceptors (Lipinski definition) is 5. The molecule has 7 nitrogen and oxygen atoms in total. The molecule has 2 N–H and O–H groups in total. The standard InChI is InChI=1S/C23H24ClN3O4S/c1-15(2)22(27-32(29,30)20-10-7-16(3)8-11-20)23(28)26-25-14-19-9-12-21(31-19)17-5-4-6-18(24)13-17/h4-15,22,27H,1-3H3,(H,26,28)/b25-14-/t22-/m1/s1. The molecule has 32 heavy (non-hydrogen) atoms. The average molecular weight is 474 g/mol. The van der Waals surface area contributed by atoms with Crippen LogP contribution in [-0.2, 0) is 14.8 Å². The van der Waals surface area contributed by atoms with Crippen molar-refractivity contribution in [3.8, 4) is 11.3 Å². The first kappa shape index (κ1) is 23.7. The maximum atomic E-state index is 12.7. The molecule has 0 bridgehead atoms. The van der Waals surface area contributed by atoms with Gasteiger partial charge in [0.05, 0.1) is 11.1 Å². The van der Waals surface area contributed by atoms with Gasteiger partial charge < -0.3 is 4.42 Å². The zero-order valence-electron chi connectivity index (χ0n) is 17.9. The SMILES string of the molecule is Cc1ccc(S(=O)(=O)N[C@@H](C(=O)N/N=C\c2ccc(-c3cccc(Cl)c3)o2)C(C)C)cc1. The molecule has 0 spiro atoms. The fourth-order valence-corrected chi connectivity index (χ4v) is 4.43. The summed E-state index contributed by atoms with van der Waals surface area (Å²) in [6.07, 6.45) is 1.35. The number of hydrazone groups is 1. The zero-order valence-corrected chi connectivity index (χ0v) is 19.4. The Hall–Kier alpha value is -2.94. The minimum Gasteiger partial charge on any atom is -0.455 e. The van der Waals surface area contributed by atoms with Crippen molar-refractivity contribution < 1.29 is 17.6 Å². The number of amides is 1. The first-order valence-corrected chi connectivity index (χ1v) is 11.8. The molecule has 0 fully saturated rings. The van der Waals surface area contributed by atoms with Gasteiger partial charge in [0, 0.05) is 10.6 Å². The van der Waals surface area contributed by atoms with Gasteiger partial charge in [0.25, 0.3) is 5.91 Å². The lowest BCUT2D eigenvalue weighted by Gasteiger charge is -2.20. The lowest BCUT2D eigenvalue weighted by molar-refractivity contribution is -0.123. The third kappa shape index (κ3) is 6.06. The molecule has 0 aliphatic rings. The molecule has 3 rings (SSSR count). The van der Waals surface area contributed by atoms with E-state index < -0.39 is 22.0 Å². The molecule has 168 valence electrons. The Balaban J connectivity index is 1.66. The van der Waals surface area contributed by atoms with E-state index in [2.05, 4.69) is 15.2 Å². The molecule has 1 amide bonds. The molecule has 9 heteroatoms. The number of carbonyl (C=O) groups excluding carboxylic acids is 1. The Morgan fingerprint density at radius 3 is 2.47 bits per heavy atom. The van der Waals surface area contributed by atoms with Crippen LogP contribution in [-0.4, -0.2) is 26.6 Å². The summed E-state index contributed by atoms with van der Waals surface area (Å²) in [6.45, 7) is 5.36. The van der Waals surface area contributed by atoms with Gasteiger partial charge in [-0.3, -0.25) is 4.79 Å². The number of nitrogens with one attached hydrogen (secondary N) is 2. The molecular formula is C23H24ClN3O4S. The molecule has 0 saturated heterocycles. The maximum absolute atomic E-state index is 12.7. The summed E-state index contributed by atoms with van der Waals surface area (Å²) in [5.74, 6) is 0.143. The molecule has 1 atom stereocenters. The third-order valence-corrected chi connectivity index (χ3v) is 6.36. The lowest BCUT2D eigenvalue weighted by atomic mass is 10.1. The summed E-state index contributed by atoms with van der Waals surface area (Å²) >= 11 is 6.00. The van der Waals surface area contributed by atoms with Gasteiger partial charge in [0.15, 0.2) is 0 Å². The predicted molar refractivity (Wildman–Crippen MR) is 125 cm³/mol. The minimum atomic E-state index is -3.87. The largest absolute Gasteiger partial charge is 0.455 e. The number of carbonyl (C=O) groups is 1. The summed E-state index contributed by atoms with van der Waals surface area (Å²) in [4.78, 5) is 12.7. The number of hydrogen-bond donors (Lipinski definition) is 2. The van der Waals surface area contributed by atoms with Crippen LogP contribution in [0, 0.1) is 12.8 Å². The summed E-state index contributed by atoms with van der Waals surface area (Å²) in [5, 5.41) is 4.50. The molecule has 0 saturated carbocycles. The van der Waals surface area contributed by atoms with Crippen LogP contribution in [0.1, 0.15) is 25.2 Å². The second kappa shape index (κ2) is 10.1. The van der Waals surface area contributed by atoms with Crippen molar-refractivity contribution in [3.05, 3.63) is 77.0 Å². The van der Waals surface area contributed by atoms with E-state index in [1.165, 1.54) is 18.3 Å². The molecule has 0 aliphatic heterocycles. The summed E-state index contributed by atoms with van der Waals surface area (Å²) in [6, 6.07) is 16.1. The van der Waals surface area contributed by atoms with Crippen LogP contribution in [0.5, 0.6) is 0 Å². The topological polar surface area (TPSA) is 101 Å². The van der Waals surface area contributed by atoms with Gasteiger partial charge >= 0.3 is 0 Å². The first-order chi connectivity index (χ1) is 15.2. The Morgan fingerprint density at radius 2 is 1.81 bits per heavy atom. The maximum Gasteiger partial charge on any atom is 0.258 e. The average Bonchev–Trinajstić information content (AvgIpc) is 3.21. The lowest BCUT2D eigenvalue weighted by Crippen LogP contribution is -2.48. The summed E-state index contributed by atoms with van der Waals surface area (Å²) in [5.41, 5.74) is 4.13. The van der Waals surface area contributed by atoms with Gasteiger partial charge in [-0.1, -0.05) is 55.3 Å². The van der Waals surface area contributed by atoms with Crippen molar-refractivity contribution in [2.45, 2.75) is 31.7 Å². The highest BCUT2D eigenvalue weighted by Crippen LogP contribution is 2.24. The molecule has 1 aromatic heterocycles. The van der Waals surface area contributed by atoms with Gasteiger partial charge in [0.1, 0.15) is 17.6 Å². The summed E-state index contributed by atoms with van der Waals surface area (Å²) < 4.78 is 33.5. The minimum absolute atomic E-state index is 0.0918. The number of nitrogens with zero attached hydrogens (tertiary/aromatic N) is 1. The number of aryl methyl sites for hydroxylation is 1. The van der Waals surface area contributed by atoms with Crippen LogP contribution in [0.2, 0.25) is 5.02 Å². The predicted octanol–water partition coefficient (Wildman–Crippen LogP) is 4.36. The van der Waals surface area contributed by atoms with Gasteiger partial charge in [-0.2, -0.15) is 9.82 Å². The number of benzene rings is 2. The highest BCUT2D eigenvalue weighted by atomic mass is 35.5. The van der Waals surface area contributed by atoms with E-state index in [4.69, 9.17) is 16.0 Å². The number of halogens is 1. The number of furan rings is 1. The van der Waals surface area contributed by atoms with E-state index in [-0.39, 0.29) is 10.8 Å². The van der Waals surface area contributed by atoms with E-state index in [0.29, 0.717) is 16.5 Å². The van der Waals surface area contributed by atoms with Crippen LogP contribution in [0.25, 0.3) is 11.3 Å². The van der Waals surface area contributed by atoms with Crippen molar-refractivity contribution in [1.29, 1.82) is 0 Å². The van der Waals surface area contributed by atoms with E-state index in [1.807, 2.05) is 19.1 Å². The second-order valence-corrected chi connectivity index (χ2v) is 9.75. The molecule has 0 radical (unpaired) electrons. The number of sulfonamides is 1. The monoisotopic (exact) mass is 473 g/mol.